The van der Waals surface area contributed by atoms with Gasteiger partial charge in [0.25, 0.3) is 0 Å². The van der Waals surface area contributed by atoms with E-state index in [-0.39, 0.29) is 6.04 Å². The molecule has 1 aromatic heterocycles. The molecule has 0 spiro atoms. The van der Waals surface area contributed by atoms with Crippen molar-refractivity contribution in [2.24, 2.45) is 4.99 Å². The van der Waals surface area contributed by atoms with Crippen molar-refractivity contribution in [3.63, 3.8) is 0 Å². The van der Waals surface area contributed by atoms with Crippen LogP contribution in [0.3, 0.4) is 0 Å². The summed E-state index contributed by atoms with van der Waals surface area (Å²) in [7, 11) is -3.67. The second-order valence-corrected chi connectivity index (χ2v) is 10.9. The first-order valence-electron chi connectivity index (χ1n) is 10.5. The zero-order chi connectivity index (χ0) is 22.9. The summed E-state index contributed by atoms with van der Waals surface area (Å²) < 4.78 is 27.5. The molecule has 4 rings (SSSR count). The third kappa shape index (κ3) is 4.41. The highest BCUT2D eigenvalue weighted by Gasteiger charge is 2.41. The van der Waals surface area contributed by atoms with Crippen molar-refractivity contribution in [1.82, 2.24) is 14.2 Å². The van der Waals surface area contributed by atoms with Crippen LogP contribution in [0.5, 0.6) is 0 Å². The second kappa shape index (κ2) is 9.02. The van der Waals surface area contributed by atoms with Crippen LogP contribution in [-0.2, 0) is 10.0 Å². The van der Waals surface area contributed by atoms with Crippen molar-refractivity contribution in [3.05, 3.63) is 57.9 Å². The van der Waals surface area contributed by atoms with Crippen molar-refractivity contribution in [2.45, 2.75) is 45.4 Å². The molecule has 1 aromatic carbocycles. The van der Waals surface area contributed by atoms with Crippen LogP contribution in [-0.4, -0.2) is 47.9 Å². The van der Waals surface area contributed by atoms with Gasteiger partial charge in [-0.05, 0) is 31.7 Å². The number of thiazole rings is 1. The fourth-order valence-corrected chi connectivity index (χ4v) is 5.81. The van der Waals surface area contributed by atoms with E-state index in [9.17, 15) is 8.42 Å². The first-order valence-corrected chi connectivity index (χ1v) is 13.2. The number of nitrogens with one attached hydrogen (secondary N) is 1. The van der Waals surface area contributed by atoms with Gasteiger partial charge in [-0.25, -0.2) is 17.7 Å². The zero-order valence-corrected chi connectivity index (χ0v) is 19.9. The number of allylic oxidation sites excluding steroid dienone is 1. The maximum Gasteiger partial charge on any atom is 0.236 e. The fraction of sp³-hybridized carbons (Fsp3) is 0.409. The van der Waals surface area contributed by atoms with Gasteiger partial charge in [0.1, 0.15) is 16.8 Å². The molecule has 2 aliphatic rings. The van der Waals surface area contributed by atoms with Crippen LogP contribution >= 0.6 is 11.3 Å². The van der Waals surface area contributed by atoms with Gasteiger partial charge < -0.3 is 5.32 Å². The normalized spacial score (nSPS) is 21.8. The van der Waals surface area contributed by atoms with Crippen LogP contribution in [0.4, 0.5) is 5.13 Å². The van der Waals surface area contributed by atoms with Crippen LogP contribution in [0.2, 0.25) is 0 Å². The number of aryl methyl sites for hydroxylation is 1. The highest BCUT2D eigenvalue weighted by atomic mass is 32.2. The molecule has 10 heteroatoms. The molecule has 2 aliphatic heterocycles. The van der Waals surface area contributed by atoms with Crippen molar-refractivity contribution < 1.29 is 8.42 Å². The second-order valence-electron chi connectivity index (χ2n) is 7.98. The molecular weight excluding hydrogens is 444 g/mol. The van der Waals surface area contributed by atoms with Gasteiger partial charge in [0.15, 0.2) is 11.4 Å². The van der Waals surface area contributed by atoms with E-state index in [0.717, 1.165) is 30.5 Å². The number of benzene rings is 1. The van der Waals surface area contributed by atoms with E-state index >= 15 is 0 Å². The highest BCUT2D eigenvalue weighted by molar-refractivity contribution is 7.88. The summed E-state index contributed by atoms with van der Waals surface area (Å²) in [5, 5.41) is 12.8. The molecule has 2 atom stereocenters. The third-order valence-electron chi connectivity index (χ3n) is 5.73. The number of hydrogen-bond acceptors (Lipinski definition) is 8. The van der Waals surface area contributed by atoms with Crippen molar-refractivity contribution in [1.29, 1.82) is 5.26 Å². The Morgan fingerprint density at radius 1 is 1.31 bits per heavy atom. The Morgan fingerprint density at radius 2 is 2.06 bits per heavy atom. The quantitative estimate of drug-likeness (QED) is 0.689. The van der Waals surface area contributed by atoms with Gasteiger partial charge in [-0.3, -0.25) is 9.89 Å². The molecule has 3 heterocycles. The number of aromatic nitrogens is 1. The van der Waals surface area contributed by atoms with Gasteiger partial charge in [0, 0.05) is 24.4 Å². The average molecular weight is 471 g/mol. The highest BCUT2D eigenvalue weighted by Crippen LogP contribution is 2.38. The molecule has 0 radical (unpaired) electrons. The van der Waals surface area contributed by atoms with Crippen molar-refractivity contribution in [2.75, 3.05) is 18.1 Å². The Balaban J connectivity index is 1.72. The van der Waals surface area contributed by atoms with Gasteiger partial charge in [-0.1, -0.05) is 48.1 Å². The number of likely N-dealkylation sites (tertiary alicyclic amines) is 1. The minimum atomic E-state index is -3.67. The van der Waals surface area contributed by atoms with Crippen LogP contribution in [0.15, 0.2) is 46.8 Å². The lowest BCUT2D eigenvalue weighted by Gasteiger charge is -2.41. The van der Waals surface area contributed by atoms with Crippen LogP contribution in [0, 0.1) is 18.3 Å². The molecule has 0 amide bonds. The summed E-state index contributed by atoms with van der Waals surface area (Å²) in [4.78, 5) is 11.5. The van der Waals surface area contributed by atoms with Crippen LogP contribution < -0.4 is 5.32 Å². The van der Waals surface area contributed by atoms with Gasteiger partial charge >= 0.3 is 0 Å². The summed E-state index contributed by atoms with van der Waals surface area (Å²) in [6.07, 6.45) is 6.26. The average Bonchev–Trinajstić information content (AvgIpc) is 3.42. The van der Waals surface area contributed by atoms with E-state index in [0.29, 0.717) is 22.3 Å². The standard InChI is InChI=1S/C22H26N6O2S2/c1-4-16-13-25-22(27-11-5-6-19(27)17-9-7-15(2)8-10-17)28(32(3,29)30)20(16)26-21-24-14-18(12-23)31-21/h7-10,13-14,19,22H,4-6,11H2,1-3H3,(H,24,26)/t19-,22?/m0/s1. The smallest absolute Gasteiger partial charge is 0.236 e. The summed E-state index contributed by atoms with van der Waals surface area (Å²) >= 11 is 1.19. The Bertz CT molecular complexity index is 1190. The first-order chi connectivity index (χ1) is 15.3. The van der Waals surface area contributed by atoms with Gasteiger partial charge in [0.05, 0.1) is 12.5 Å². The maximum absolute atomic E-state index is 13.0. The molecule has 0 bridgehead atoms. The molecule has 2 aromatic rings. The maximum atomic E-state index is 13.0. The molecule has 1 saturated heterocycles. The van der Waals surface area contributed by atoms with E-state index < -0.39 is 16.3 Å². The number of sulfonamides is 1. The minimum absolute atomic E-state index is 0.0801. The topological polar surface area (TPSA) is 102 Å². The van der Waals surface area contributed by atoms with Crippen LogP contribution in [0.1, 0.15) is 48.2 Å². The Morgan fingerprint density at radius 3 is 2.69 bits per heavy atom. The number of hydrogen-bond donors (Lipinski definition) is 1. The number of anilines is 1. The largest absolute Gasteiger partial charge is 0.317 e. The number of nitriles is 1. The number of aliphatic imine (C=N–C) groups is 1. The van der Waals surface area contributed by atoms with E-state index in [2.05, 4.69) is 52.5 Å². The van der Waals surface area contributed by atoms with Crippen molar-refractivity contribution >= 4 is 32.7 Å². The summed E-state index contributed by atoms with van der Waals surface area (Å²) in [6, 6.07) is 10.5. The van der Waals surface area contributed by atoms with E-state index in [1.54, 1.807) is 6.21 Å². The third-order valence-corrected chi connectivity index (χ3v) is 7.63. The predicted molar refractivity (Wildman–Crippen MR) is 127 cm³/mol. The molecule has 1 N–H and O–H groups in total. The molecule has 8 nitrogen and oxygen atoms in total. The molecule has 168 valence electrons. The SMILES string of the molecule is CCC1=C(Nc2ncc(C#N)s2)N(S(C)(=O)=O)C(N2CCC[C@H]2c2ccc(C)cc2)N=C1. The summed E-state index contributed by atoms with van der Waals surface area (Å²) in [5.41, 5.74) is 3.12. The molecular formula is C22H26N6O2S2. The zero-order valence-electron chi connectivity index (χ0n) is 18.3. The minimum Gasteiger partial charge on any atom is -0.317 e. The fourth-order valence-electron chi connectivity index (χ4n) is 4.18. The first kappa shape index (κ1) is 22.5. The van der Waals surface area contributed by atoms with E-state index in [1.807, 2.05) is 6.92 Å². The van der Waals surface area contributed by atoms with Crippen LogP contribution in [0.25, 0.3) is 0 Å². The molecule has 1 fully saturated rings. The van der Waals surface area contributed by atoms with Gasteiger partial charge in [-0.2, -0.15) is 5.26 Å². The Kier molecular flexibility index (Phi) is 6.33. The summed E-state index contributed by atoms with van der Waals surface area (Å²) in [6.45, 7) is 4.76. The lowest BCUT2D eigenvalue weighted by Crippen LogP contribution is -2.52. The van der Waals surface area contributed by atoms with Gasteiger partial charge in [0.2, 0.25) is 10.0 Å². The lowest BCUT2D eigenvalue weighted by atomic mass is 10.0. The summed E-state index contributed by atoms with van der Waals surface area (Å²) in [5.74, 6) is 0.448. The molecule has 32 heavy (non-hydrogen) atoms. The number of nitrogens with zero attached hydrogens (tertiary/aromatic N) is 5. The monoisotopic (exact) mass is 470 g/mol. The van der Waals surface area contributed by atoms with E-state index in [4.69, 9.17) is 10.3 Å². The molecule has 0 aliphatic carbocycles. The lowest BCUT2D eigenvalue weighted by molar-refractivity contribution is 0.110. The Labute approximate surface area is 193 Å². The number of rotatable bonds is 6. The van der Waals surface area contributed by atoms with Crippen molar-refractivity contribution in [3.8, 4) is 6.07 Å². The predicted octanol–water partition coefficient (Wildman–Crippen LogP) is 3.82. The molecule has 1 unspecified atom stereocenters. The van der Waals surface area contributed by atoms with E-state index in [1.165, 1.54) is 33.7 Å². The van der Waals surface area contributed by atoms with Gasteiger partial charge in [-0.15, -0.1) is 0 Å². The molecule has 0 saturated carbocycles. The Hall–Kier alpha value is -2.74.